The molecule has 0 spiro atoms. The van der Waals surface area contributed by atoms with Gasteiger partial charge in [-0.2, -0.15) is 9.40 Å². The Hall–Kier alpha value is -2.99. The van der Waals surface area contributed by atoms with Crippen LogP contribution in [0.4, 0.5) is 5.69 Å². The van der Waals surface area contributed by atoms with Crippen LogP contribution in [-0.2, 0) is 17.1 Å². The van der Waals surface area contributed by atoms with Crippen molar-refractivity contribution in [1.82, 2.24) is 19.0 Å². The fourth-order valence-corrected chi connectivity index (χ4v) is 5.75. The number of aromatic nitrogens is 2. The van der Waals surface area contributed by atoms with E-state index in [2.05, 4.69) is 5.10 Å². The van der Waals surface area contributed by atoms with E-state index in [4.69, 9.17) is 4.74 Å². The smallest absolute Gasteiger partial charge is 0.274 e. The summed E-state index contributed by atoms with van der Waals surface area (Å²) in [4.78, 5) is 24.9. The lowest BCUT2D eigenvalue weighted by molar-refractivity contribution is -0.385. The van der Waals surface area contributed by atoms with Crippen molar-refractivity contribution in [2.45, 2.75) is 37.5 Å². The molecule has 0 unspecified atom stereocenters. The molecule has 0 atom stereocenters. The molecule has 2 aliphatic rings. The van der Waals surface area contributed by atoms with Crippen molar-refractivity contribution in [3.05, 3.63) is 39.6 Å². The fraction of sp³-hybridized carbons (Fsp3) is 0.500. The zero-order chi connectivity index (χ0) is 23.0. The summed E-state index contributed by atoms with van der Waals surface area (Å²) in [7, 11) is -2.39. The number of amides is 1. The molecule has 172 valence electrons. The lowest BCUT2D eigenvalue weighted by Gasteiger charge is -2.18. The van der Waals surface area contributed by atoms with Gasteiger partial charge in [-0.25, -0.2) is 13.1 Å². The first-order valence-electron chi connectivity index (χ1n) is 10.5. The van der Waals surface area contributed by atoms with Crippen LogP contribution in [0.3, 0.4) is 0 Å². The topological polar surface area (TPSA) is 128 Å². The summed E-state index contributed by atoms with van der Waals surface area (Å²) in [5, 5.41) is 15.6. The van der Waals surface area contributed by atoms with Crippen LogP contribution in [0, 0.1) is 17.0 Å². The predicted octanol–water partition coefficient (Wildman–Crippen LogP) is 2.45. The number of carbonyl (C=O) groups is 1. The third-order valence-corrected chi connectivity index (χ3v) is 7.76. The number of hydrogen-bond donors (Lipinski definition) is 0. The molecule has 4 rings (SSSR count). The average Bonchev–Trinajstić information content (AvgIpc) is 3.52. The van der Waals surface area contributed by atoms with Gasteiger partial charge >= 0.3 is 0 Å². The van der Waals surface area contributed by atoms with E-state index < -0.39 is 14.9 Å². The van der Waals surface area contributed by atoms with Gasteiger partial charge in [0.2, 0.25) is 15.9 Å². The zero-order valence-electron chi connectivity index (χ0n) is 18.0. The van der Waals surface area contributed by atoms with Gasteiger partial charge in [0.15, 0.2) is 5.69 Å². The quantitative estimate of drug-likeness (QED) is 0.475. The molecule has 12 heteroatoms. The van der Waals surface area contributed by atoms with E-state index in [0.717, 1.165) is 31.7 Å². The van der Waals surface area contributed by atoms with Crippen LogP contribution in [0.15, 0.2) is 23.1 Å². The molecular weight excluding hydrogens is 438 g/mol. The highest BCUT2D eigenvalue weighted by atomic mass is 32.2. The molecule has 32 heavy (non-hydrogen) atoms. The van der Waals surface area contributed by atoms with Crippen molar-refractivity contribution in [1.29, 1.82) is 0 Å². The standard InChI is InChI=1S/C20H25N5O6S/c1-14-18(19(26)23-9-3-4-10-23)21-22(2)20(14)31-16-8-7-15(25(27)28)13-17(16)32(29,30)24-11-5-6-12-24/h7-8,13H,3-6,9-12H2,1-2H3. The number of aryl methyl sites for hydroxylation is 1. The van der Waals surface area contributed by atoms with Gasteiger partial charge in [0.05, 0.1) is 4.92 Å². The van der Waals surface area contributed by atoms with Crippen LogP contribution in [0.25, 0.3) is 0 Å². The van der Waals surface area contributed by atoms with Crippen molar-refractivity contribution < 1.29 is 22.9 Å². The first-order valence-corrected chi connectivity index (χ1v) is 11.9. The second-order valence-electron chi connectivity index (χ2n) is 8.00. The minimum absolute atomic E-state index is 0.0474. The number of non-ortho nitro benzene ring substituents is 1. The molecule has 2 saturated heterocycles. The lowest BCUT2D eigenvalue weighted by Crippen LogP contribution is -2.28. The van der Waals surface area contributed by atoms with Crippen LogP contribution in [0.5, 0.6) is 11.6 Å². The third-order valence-electron chi connectivity index (χ3n) is 5.84. The molecule has 0 saturated carbocycles. The van der Waals surface area contributed by atoms with Crippen molar-refractivity contribution in [2.24, 2.45) is 7.05 Å². The number of ether oxygens (including phenoxy) is 1. The Morgan fingerprint density at radius 2 is 1.75 bits per heavy atom. The molecule has 2 fully saturated rings. The second kappa shape index (κ2) is 8.51. The molecule has 2 aliphatic heterocycles. The van der Waals surface area contributed by atoms with E-state index in [1.165, 1.54) is 21.1 Å². The van der Waals surface area contributed by atoms with Crippen molar-refractivity contribution in [3.8, 4) is 11.6 Å². The second-order valence-corrected chi connectivity index (χ2v) is 9.91. The maximum absolute atomic E-state index is 13.2. The highest BCUT2D eigenvalue weighted by Crippen LogP contribution is 2.36. The van der Waals surface area contributed by atoms with Gasteiger partial charge in [0.25, 0.3) is 11.6 Å². The molecule has 1 aromatic carbocycles. The number of benzene rings is 1. The van der Waals surface area contributed by atoms with E-state index in [1.54, 1.807) is 18.9 Å². The molecule has 0 aliphatic carbocycles. The average molecular weight is 464 g/mol. The van der Waals surface area contributed by atoms with Gasteiger partial charge < -0.3 is 9.64 Å². The molecule has 1 aromatic heterocycles. The molecular formula is C20H25N5O6S. The third kappa shape index (κ3) is 3.95. The van der Waals surface area contributed by atoms with Gasteiger partial charge in [-0.05, 0) is 38.7 Å². The van der Waals surface area contributed by atoms with E-state index >= 15 is 0 Å². The van der Waals surface area contributed by atoms with E-state index in [9.17, 15) is 23.3 Å². The number of likely N-dealkylation sites (tertiary alicyclic amines) is 1. The summed E-state index contributed by atoms with van der Waals surface area (Å²) in [6.45, 7) is 3.73. The summed E-state index contributed by atoms with van der Waals surface area (Å²) in [5.74, 6) is -0.0351. The first-order chi connectivity index (χ1) is 15.2. The van der Waals surface area contributed by atoms with Gasteiger partial charge in [-0.3, -0.25) is 14.9 Å². The number of nitrogens with zero attached hydrogens (tertiary/aromatic N) is 5. The van der Waals surface area contributed by atoms with Crippen LogP contribution in [-0.4, -0.2) is 64.4 Å². The maximum atomic E-state index is 13.2. The Morgan fingerprint density at radius 1 is 1.12 bits per heavy atom. The van der Waals surface area contributed by atoms with Gasteiger partial charge in [-0.15, -0.1) is 0 Å². The number of nitro benzene ring substituents is 1. The Labute approximate surface area is 185 Å². The molecule has 0 radical (unpaired) electrons. The maximum Gasteiger partial charge on any atom is 0.274 e. The molecule has 11 nitrogen and oxygen atoms in total. The number of nitro groups is 1. The minimum atomic E-state index is -3.99. The highest BCUT2D eigenvalue weighted by Gasteiger charge is 2.33. The van der Waals surface area contributed by atoms with Crippen LogP contribution in [0.1, 0.15) is 41.7 Å². The van der Waals surface area contributed by atoms with Crippen LogP contribution >= 0.6 is 0 Å². The SMILES string of the molecule is Cc1c(C(=O)N2CCCC2)nn(C)c1Oc1ccc([N+](=O)[O-])cc1S(=O)(=O)N1CCCC1. The zero-order valence-corrected chi connectivity index (χ0v) is 18.8. The summed E-state index contributed by atoms with van der Waals surface area (Å²) < 4.78 is 35.1. The van der Waals surface area contributed by atoms with Gasteiger partial charge in [-0.1, -0.05) is 0 Å². The van der Waals surface area contributed by atoms with E-state index in [0.29, 0.717) is 31.7 Å². The molecule has 0 N–H and O–H groups in total. The summed E-state index contributed by atoms with van der Waals surface area (Å²) >= 11 is 0. The molecule has 3 heterocycles. The number of hydrogen-bond acceptors (Lipinski definition) is 7. The molecule has 1 amide bonds. The van der Waals surface area contributed by atoms with E-state index in [1.807, 2.05) is 0 Å². The van der Waals surface area contributed by atoms with E-state index in [-0.39, 0.29) is 33.8 Å². The minimum Gasteiger partial charge on any atom is -0.438 e. The summed E-state index contributed by atoms with van der Waals surface area (Å²) in [5.41, 5.74) is 0.379. The summed E-state index contributed by atoms with van der Waals surface area (Å²) in [6.07, 6.45) is 3.35. The van der Waals surface area contributed by atoms with Crippen molar-refractivity contribution >= 4 is 21.6 Å². The van der Waals surface area contributed by atoms with Crippen LogP contribution < -0.4 is 4.74 Å². The summed E-state index contributed by atoms with van der Waals surface area (Å²) in [6, 6.07) is 3.49. The number of rotatable bonds is 6. The number of carbonyl (C=O) groups excluding carboxylic acids is 1. The monoisotopic (exact) mass is 463 g/mol. The number of sulfonamides is 1. The normalized spacial score (nSPS) is 17.1. The Bertz CT molecular complexity index is 1160. The Morgan fingerprint density at radius 3 is 2.38 bits per heavy atom. The molecule has 2 aromatic rings. The van der Waals surface area contributed by atoms with Crippen molar-refractivity contribution in [2.75, 3.05) is 26.2 Å². The Kier molecular flexibility index (Phi) is 5.91. The first kappa shape index (κ1) is 22.2. The van der Waals surface area contributed by atoms with Crippen molar-refractivity contribution in [3.63, 3.8) is 0 Å². The molecule has 0 bridgehead atoms. The van der Waals surface area contributed by atoms with Gasteiger partial charge in [0.1, 0.15) is 10.6 Å². The Balaban J connectivity index is 1.73. The largest absolute Gasteiger partial charge is 0.438 e. The van der Waals surface area contributed by atoms with Gasteiger partial charge in [0, 0.05) is 50.9 Å². The predicted molar refractivity (Wildman–Crippen MR) is 114 cm³/mol. The highest BCUT2D eigenvalue weighted by molar-refractivity contribution is 7.89. The lowest BCUT2D eigenvalue weighted by atomic mass is 10.2. The van der Waals surface area contributed by atoms with Crippen LogP contribution in [0.2, 0.25) is 0 Å². The fourth-order valence-electron chi connectivity index (χ4n) is 4.10.